The molecule has 0 unspecified atom stereocenters. The smallest absolute Gasteiger partial charge is 0.238 e. The fourth-order valence-electron chi connectivity index (χ4n) is 4.36. The van der Waals surface area contributed by atoms with E-state index in [-0.39, 0.29) is 30.9 Å². The summed E-state index contributed by atoms with van der Waals surface area (Å²) in [5, 5.41) is 6.08. The average Bonchev–Trinajstić information content (AvgIpc) is 2.72. The second kappa shape index (κ2) is 10.8. The first-order chi connectivity index (χ1) is 14.4. The fourth-order valence-corrected chi connectivity index (χ4v) is 4.36. The van der Waals surface area contributed by atoms with E-state index < -0.39 is 0 Å². The van der Waals surface area contributed by atoms with Gasteiger partial charge in [0.1, 0.15) is 0 Å². The van der Waals surface area contributed by atoms with Crippen LogP contribution in [0.1, 0.15) is 33.1 Å². The lowest BCUT2D eigenvalue weighted by Gasteiger charge is -2.34. The van der Waals surface area contributed by atoms with Gasteiger partial charge >= 0.3 is 0 Å². The molecule has 3 rings (SSSR count). The van der Waals surface area contributed by atoms with Gasteiger partial charge in [0, 0.05) is 30.5 Å². The largest absolute Gasteiger partial charge is 0.378 e. The van der Waals surface area contributed by atoms with Crippen molar-refractivity contribution in [2.24, 2.45) is 11.8 Å². The summed E-state index contributed by atoms with van der Waals surface area (Å²) in [6.07, 6.45) is 3.45. The van der Waals surface area contributed by atoms with E-state index in [1.165, 1.54) is 12.8 Å². The molecule has 2 N–H and O–H groups in total. The summed E-state index contributed by atoms with van der Waals surface area (Å²) in [5.74, 6) is 1.01. The van der Waals surface area contributed by atoms with Gasteiger partial charge in [0.05, 0.1) is 26.3 Å². The number of benzene rings is 1. The number of carbonyl (C=O) groups is 2. The third-order valence-corrected chi connectivity index (χ3v) is 6.41. The summed E-state index contributed by atoms with van der Waals surface area (Å²) in [7, 11) is 1.80. The maximum Gasteiger partial charge on any atom is 0.238 e. The lowest BCUT2D eigenvalue weighted by atomic mass is 9.78. The maximum absolute atomic E-state index is 12.4. The van der Waals surface area contributed by atoms with E-state index >= 15 is 0 Å². The van der Waals surface area contributed by atoms with E-state index in [9.17, 15) is 9.59 Å². The van der Waals surface area contributed by atoms with Gasteiger partial charge in [-0.1, -0.05) is 26.7 Å². The lowest BCUT2D eigenvalue weighted by Crippen LogP contribution is -2.47. The van der Waals surface area contributed by atoms with Gasteiger partial charge in [0.25, 0.3) is 0 Å². The van der Waals surface area contributed by atoms with E-state index in [0.29, 0.717) is 11.8 Å². The van der Waals surface area contributed by atoms with Gasteiger partial charge in [-0.25, -0.2) is 0 Å². The Balaban J connectivity index is 1.41. The van der Waals surface area contributed by atoms with Crippen LogP contribution < -0.4 is 15.5 Å². The zero-order valence-electron chi connectivity index (χ0n) is 18.5. The van der Waals surface area contributed by atoms with Crippen molar-refractivity contribution in [2.75, 3.05) is 56.7 Å². The number of nitrogens with one attached hydrogen (secondary N) is 2. The first-order valence-electron chi connectivity index (χ1n) is 11.1. The van der Waals surface area contributed by atoms with Crippen LogP contribution in [0, 0.1) is 11.8 Å². The Kier molecular flexibility index (Phi) is 8.10. The molecule has 7 heteroatoms. The number of likely N-dealkylation sites (N-methyl/N-ethyl adjacent to an activating group) is 1. The third-order valence-electron chi connectivity index (χ3n) is 6.41. The molecule has 0 bridgehead atoms. The van der Waals surface area contributed by atoms with Crippen LogP contribution in [-0.2, 0) is 14.3 Å². The van der Waals surface area contributed by atoms with E-state index in [0.717, 1.165) is 44.1 Å². The highest BCUT2D eigenvalue weighted by molar-refractivity contribution is 5.92. The Morgan fingerprint density at radius 2 is 1.73 bits per heavy atom. The van der Waals surface area contributed by atoms with Crippen LogP contribution in [0.25, 0.3) is 0 Å². The monoisotopic (exact) mass is 416 g/mol. The molecular weight excluding hydrogens is 380 g/mol. The molecule has 2 amide bonds. The van der Waals surface area contributed by atoms with Gasteiger partial charge in [-0.2, -0.15) is 0 Å². The minimum atomic E-state index is -0.121. The Bertz CT molecular complexity index is 703. The van der Waals surface area contributed by atoms with E-state index in [4.69, 9.17) is 4.74 Å². The molecule has 30 heavy (non-hydrogen) atoms. The van der Waals surface area contributed by atoms with E-state index in [1.54, 1.807) is 11.9 Å². The first kappa shape index (κ1) is 22.6. The molecule has 3 atom stereocenters. The summed E-state index contributed by atoms with van der Waals surface area (Å²) in [6.45, 7) is 8.14. The van der Waals surface area contributed by atoms with Crippen LogP contribution in [0.5, 0.6) is 0 Å². The lowest BCUT2D eigenvalue weighted by molar-refractivity contribution is -0.124. The number of morpholine rings is 1. The molecule has 1 heterocycles. The van der Waals surface area contributed by atoms with Gasteiger partial charge < -0.3 is 20.3 Å². The van der Waals surface area contributed by atoms with Crippen molar-refractivity contribution in [3.8, 4) is 0 Å². The van der Waals surface area contributed by atoms with Crippen molar-refractivity contribution >= 4 is 23.2 Å². The molecule has 1 aromatic carbocycles. The quantitative estimate of drug-likeness (QED) is 0.714. The van der Waals surface area contributed by atoms with Crippen LogP contribution >= 0.6 is 0 Å². The van der Waals surface area contributed by atoms with Crippen molar-refractivity contribution in [1.82, 2.24) is 10.2 Å². The number of hydrogen-bond donors (Lipinski definition) is 2. The van der Waals surface area contributed by atoms with Gasteiger partial charge in [-0.05, 0) is 49.6 Å². The highest BCUT2D eigenvalue weighted by Crippen LogP contribution is 2.29. The van der Waals surface area contributed by atoms with Gasteiger partial charge in [0.15, 0.2) is 0 Å². The topological polar surface area (TPSA) is 73.9 Å². The van der Waals surface area contributed by atoms with Crippen LogP contribution in [0.15, 0.2) is 24.3 Å². The summed E-state index contributed by atoms with van der Waals surface area (Å²) >= 11 is 0. The Hall–Kier alpha value is -2.12. The Morgan fingerprint density at radius 1 is 1.07 bits per heavy atom. The molecule has 166 valence electrons. The molecule has 1 saturated carbocycles. The molecule has 1 aromatic rings. The zero-order valence-corrected chi connectivity index (χ0v) is 18.5. The number of ether oxygens (including phenoxy) is 1. The van der Waals surface area contributed by atoms with Gasteiger partial charge in [-0.3, -0.25) is 14.5 Å². The SMILES string of the molecule is C[C@@H]1[C@H](C)CCC[C@@H]1NC(=O)CN(C)CC(=O)Nc1ccc(N2CCOCC2)cc1. The van der Waals surface area contributed by atoms with E-state index in [1.807, 2.05) is 24.3 Å². The molecule has 7 nitrogen and oxygen atoms in total. The van der Waals surface area contributed by atoms with Crippen molar-refractivity contribution < 1.29 is 14.3 Å². The number of hydrogen-bond acceptors (Lipinski definition) is 5. The van der Waals surface area contributed by atoms with Crippen LogP contribution in [-0.4, -0.2) is 69.2 Å². The van der Waals surface area contributed by atoms with Crippen molar-refractivity contribution in [2.45, 2.75) is 39.2 Å². The van der Waals surface area contributed by atoms with Crippen molar-refractivity contribution in [1.29, 1.82) is 0 Å². The number of amides is 2. The average molecular weight is 417 g/mol. The molecule has 1 aliphatic heterocycles. The zero-order chi connectivity index (χ0) is 21.5. The molecule has 0 aromatic heterocycles. The number of carbonyl (C=O) groups excluding carboxylic acids is 2. The summed E-state index contributed by atoms with van der Waals surface area (Å²) in [6, 6.07) is 8.12. The number of nitrogens with zero attached hydrogens (tertiary/aromatic N) is 2. The predicted octanol–water partition coefficient (Wildman–Crippen LogP) is 2.33. The third kappa shape index (κ3) is 6.44. The Labute approximate surface area is 180 Å². The molecule has 0 spiro atoms. The van der Waals surface area contributed by atoms with Crippen LogP contribution in [0.4, 0.5) is 11.4 Å². The van der Waals surface area contributed by atoms with E-state index in [2.05, 4.69) is 29.4 Å². The fraction of sp³-hybridized carbons (Fsp3) is 0.652. The molecule has 2 fully saturated rings. The highest BCUT2D eigenvalue weighted by atomic mass is 16.5. The highest BCUT2D eigenvalue weighted by Gasteiger charge is 2.28. The molecule has 0 radical (unpaired) electrons. The van der Waals surface area contributed by atoms with Crippen molar-refractivity contribution in [3.63, 3.8) is 0 Å². The first-order valence-corrected chi connectivity index (χ1v) is 11.1. The predicted molar refractivity (Wildman–Crippen MR) is 120 cm³/mol. The van der Waals surface area contributed by atoms with Crippen molar-refractivity contribution in [3.05, 3.63) is 24.3 Å². The summed E-state index contributed by atoms with van der Waals surface area (Å²) in [5.41, 5.74) is 1.90. The maximum atomic E-state index is 12.4. The number of rotatable bonds is 7. The molecular formula is C23H36N4O3. The minimum absolute atomic E-state index is 0.00823. The van der Waals surface area contributed by atoms with Crippen LogP contribution in [0.2, 0.25) is 0 Å². The molecule has 2 aliphatic rings. The van der Waals surface area contributed by atoms with Crippen LogP contribution in [0.3, 0.4) is 0 Å². The number of anilines is 2. The molecule has 1 aliphatic carbocycles. The normalized spacial score (nSPS) is 24.5. The minimum Gasteiger partial charge on any atom is -0.378 e. The summed E-state index contributed by atoms with van der Waals surface area (Å²) < 4.78 is 5.38. The van der Waals surface area contributed by atoms with Gasteiger partial charge in [-0.15, -0.1) is 0 Å². The second-order valence-electron chi connectivity index (χ2n) is 8.81. The summed E-state index contributed by atoms with van der Waals surface area (Å²) in [4.78, 5) is 28.8. The van der Waals surface area contributed by atoms with Gasteiger partial charge in [0.2, 0.25) is 11.8 Å². The standard InChI is InChI=1S/C23H36N4O3/c1-17-5-4-6-21(18(17)2)25-23(29)16-26(3)15-22(28)24-19-7-9-20(10-8-19)27-11-13-30-14-12-27/h7-10,17-18,21H,4-6,11-16H2,1-3H3,(H,24,28)(H,25,29)/t17-,18-,21+/m1/s1. The Morgan fingerprint density at radius 3 is 2.43 bits per heavy atom. The second-order valence-corrected chi connectivity index (χ2v) is 8.81. The molecule has 1 saturated heterocycles.